The zero-order valence-corrected chi connectivity index (χ0v) is 17.6. The molecule has 0 saturated heterocycles. The van der Waals surface area contributed by atoms with Crippen molar-refractivity contribution in [3.63, 3.8) is 0 Å². The highest BCUT2D eigenvalue weighted by Crippen LogP contribution is 2.09. The number of carbonyl (C=O) groups excluding carboxylic acids is 3. The van der Waals surface area contributed by atoms with Crippen LogP contribution in [-0.2, 0) is 11.3 Å². The molecular formula is C23H28FN3O3. The topological polar surface area (TPSA) is 78.5 Å². The van der Waals surface area contributed by atoms with Crippen LogP contribution in [0.3, 0.4) is 0 Å². The fraction of sp³-hybridized carbons (Fsp3) is 0.348. The molecule has 0 bridgehead atoms. The molecule has 0 heterocycles. The molecule has 0 atom stereocenters. The first-order valence-corrected chi connectivity index (χ1v) is 9.94. The number of amides is 3. The van der Waals surface area contributed by atoms with E-state index in [1.165, 1.54) is 24.3 Å². The minimum Gasteiger partial charge on any atom is -0.352 e. The van der Waals surface area contributed by atoms with Gasteiger partial charge in [-0.25, -0.2) is 4.39 Å². The Bertz CT molecular complexity index is 864. The van der Waals surface area contributed by atoms with Gasteiger partial charge >= 0.3 is 0 Å². The molecule has 0 fully saturated rings. The minimum atomic E-state index is -0.396. The second-order valence-corrected chi connectivity index (χ2v) is 7.35. The van der Waals surface area contributed by atoms with Crippen molar-refractivity contribution >= 4 is 17.7 Å². The molecule has 2 rings (SSSR count). The number of rotatable bonds is 9. The Kier molecular flexibility index (Phi) is 8.53. The van der Waals surface area contributed by atoms with E-state index in [2.05, 4.69) is 10.6 Å². The summed E-state index contributed by atoms with van der Waals surface area (Å²) < 4.78 is 12.9. The Balaban J connectivity index is 1.68. The van der Waals surface area contributed by atoms with Gasteiger partial charge < -0.3 is 15.5 Å². The summed E-state index contributed by atoms with van der Waals surface area (Å²) in [6, 6.07) is 12.6. The van der Waals surface area contributed by atoms with Gasteiger partial charge in [-0.05, 0) is 62.2 Å². The van der Waals surface area contributed by atoms with Crippen LogP contribution in [0.15, 0.2) is 48.5 Å². The Labute approximate surface area is 176 Å². The second-order valence-electron chi connectivity index (χ2n) is 7.35. The summed E-state index contributed by atoms with van der Waals surface area (Å²) in [5.41, 5.74) is 1.89. The molecule has 2 aromatic carbocycles. The van der Waals surface area contributed by atoms with Gasteiger partial charge in [-0.3, -0.25) is 14.4 Å². The van der Waals surface area contributed by atoms with E-state index in [0.717, 1.165) is 5.56 Å². The average molecular weight is 413 g/mol. The molecule has 0 aliphatic rings. The first kappa shape index (κ1) is 23.1. The first-order valence-electron chi connectivity index (χ1n) is 9.94. The van der Waals surface area contributed by atoms with E-state index in [1.54, 1.807) is 24.1 Å². The molecule has 2 N–H and O–H groups in total. The van der Waals surface area contributed by atoms with Crippen LogP contribution in [0.4, 0.5) is 4.39 Å². The van der Waals surface area contributed by atoms with Crippen LogP contribution >= 0.6 is 0 Å². The van der Waals surface area contributed by atoms with Crippen molar-refractivity contribution < 1.29 is 18.8 Å². The van der Waals surface area contributed by atoms with Gasteiger partial charge in [-0.1, -0.05) is 12.1 Å². The zero-order valence-electron chi connectivity index (χ0n) is 17.6. The molecule has 0 aromatic heterocycles. The standard InChI is InChI=1S/C23H28FN3O3/c1-16(2)27(3)23(30)19-8-6-17(7-9-19)15-26-21(28)5-4-14-25-22(29)18-10-12-20(24)13-11-18/h6-13,16H,4-5,14-15H2,1-3H3,(H,25,29)(H,26,28). The Hall–Kier alpha value is -3.22. The lowest BCUT2D eigenvalue weighted by Gasteiger charge is -2.21. The van der Waals surface area contributed by atoms with Crippen LogP contribution in [0.5, 0.6) is 0 Å². The lowest BCUT2D eigenvalue weighted by Crippen LogP contribution is -2.32. The third-order valence-electron chi connectivity index (χ3n) is 4.76. The van der Waals surface area contributed by atoms with Crippen molar-refractivity contribution in [3.8, 4) is 0 Å². The maximum atomic E-state index is 12.9. The number of hydrogen-bond donors (Lipinski definition) is 2. The Morgan fingerprint density at radius 2 is 1.53 bits per heavy atom. The van der Waals surface area contributed by atoms with Gasteiger partial charge in [-0.2, -0.15) is 0 Å². The van der Waals surface area contributed by atoms with Crippen molar-refractivity contribution in [3.05, 3.63) is 71.0 Å². The van der Waals surface area contributed by atoms with Crippen LogP contribution in [0.2, 0.25) is 0 Å². The van der Waals surface area contributed by atoms with Gasteiger partial charge in [0.1, 0.15) is 5.82 Å². The van der Waals surface area contributed by atoms with Crippen molar-refractivity contribution in [2.24, 2.45) is 0 Å². The molecule has 2 aromatic rings. The molecular weight excluding hydrogens is 385 g/mol. The summed E-state index contributed by atoms with van der Waals surface area (Å²) in [5, 5.41) is 5.53. The van der Waals surface area contributed by atoms with Gasteiger partial charge in [0.2, 0.25) is 5.91 Å². The normalized spacial score (nSPS) is 10.6. The van der Waals surface area contributed by atoms with E-state index in [-0.39, 0.29) is 30.2 Å². The summed E-state index contributed by atoms with van der Waals surface area (Å²) in [6.07, 6.45) is 0.771. The third kappa shape index (κ3) is 6.99. The second kappa shape index (κ2) is 11.1. The van der Waals surface area contributed by atoms with Gasteiger partial charge in [0, 0.05) is 43.7 Å². The fourth-order valence-corrected chi connectivity index (χ4v) is 2.65. The predicted octanol–water partition coefficient (Wildman–Crippen LogP) is 3.13. The van der Waals surface area contributed by atoms with E-state index in [9.17, 15) is 18.8 Å². The van der Waals surface area contributed by atoms with Crippen molar-refractivity contribution in [1.82, 2.24) is 15.5 Å². The number of nitrogens with zero attached hydrogens (tertiary/aromatic N) is 1. The molecule has 7 heteroatoms. The van der Waals surface area contributed by atoms with Crippen LogP contribution < -0.4 is 10.6 Å². The SMILES string of the molecule is CC(C)N(C)C(=O)c1ccc(CNC(=O)CCCNC(=O)c2ccc(F)cc2)cc1. The van der Waals surface area contributed by atoms with Gasteiger partial charge in [0.25, 0.3) is 11.8 Å². The van der Waals surface area contributed by atoms with Crippen LogP contribution in [0.25, 0.3) is 0 Å². The third-order valence-corrected chi connectivity index (χ3v) is 4.76. The molecule has 0 saturated carbocycles. The number of benzene rings is 2. The lowest BCUT2D eigenvalue weighted by atomic mass is 10.1. The van der Waals surface area contributed by atoms with Gasteiger partial charge in [-0.15, -0.1) is 0 Å². The van der Waals surface area contributed by atoms with E-state index in [0.29, 0.717) is 30.6 Å². The number of carbonyl (C=O) groups is 3. The average Bonchev–Trinajstić information content (AvgIpc) is 2.74. The fourth-order valence-electron chi connectivity index (χ4n) is 2.65. The molecule has 6 nitrogen and oxygen atoms in total. The Morgan fingerprint density at radius 1 is 0.933 bits per heavy atom. The highest BCUT2D eigenvalue weighted by molar-refractivity contribution is 5.94. The van der Waals surface area contributed by atoms with Crippen molar-refractivity contribution in [2.45, 2.75) is 39.3 Å². The highest BCUT2D eigenvalue weighted by Gasteiger charge is 2.14. The number of hydrogen-bond acceptors (Lipinski definition) is 3. The maximum Gasteiger partial charge on any atom is 0.253 e. The number of nitrogens with one attached hydrogen (secondary N) is 2. The molecule has 3 amide bonds. The van der Waals surface area contributed by atoms with E-state index in [1.807, 2.05) is 26.0 Å². The molecule has 0 spiro atoms. The highest BCUT2D eigenvalue weighted by atomic mass is 19.1. The summed E-state index contributed by atoms with van der Waals surface area (Å²) in [4.78, 5) is 37.8. The van der Waals surface area contributed by atoms with Gasteiger partial charge in [0.15, 0.2) is 0 Å². The quantitative estimate of drug-likeness (QED) is 0.620. The van der Waals surface area contributed by atoms with Crippen LogP contribution in [0.1, 0.15) is 53.0 Å². The summed E-state index contributed by atoms with van der Waals surface area (Å²) in [7, 11) is 1.77. The van der Waals surface area contributed by atoms with Crippen LogP contribution in [-0.4, -0.2) is 42.3 Å². The van der Waals surface area contributed by atoms with E-state index < -0.39 is 5.82 Å². The number of halogens is 1. The maximum absolute atomic E-state index is 12.9. The monoisotopic (exact) mass is 413 g/mol. The summed E-state index contributed by atoms with van der Waals surface area (Å²) in [6.45, 7) is 4.63. The molecule has 0 aliphatic carbocycles. The van der Waals surface area contributed by atoms with Gasteiger partial charge in [0.05, 0.1) is 0 Å². The van der Waals surface area contributed by atoms with Crippen molar-refractivity contribution in [1.29, 1.82) is 0 Å². The summed E-state index contributed by atoms with van der Waals surface area (Å²) >= 11 is 0. The molecule has 160 valence electrons. The molecule has 0 unspecified atom stereocenters. The van der Waals surface area contributed by atoms with E-state index >= 15 is 0 Å². The van der Waals surface area contributed by atoms with Crippen LogP contribution in [0, 0.1) is 5.82 Å². The largest absolute Gasteiger partial charge is 0.352 e. The lowest BCUT2D eigenvalue weighted by molar-refractivity contribution is -0.121. The molecule has 30 heavy (non-hydrogen) atoms. The smallest absolute Gasteiger partial charge is 0.253 e. The minimum absolute atomic E-state index is 0.0386. The first-order chi connectivity index (χ1) is 14.3. The summed E-state index contributed by atoms with van der Waals surface area (Å²) in [5.74, 6) is -0.852. The molecule has 0 aliphatic heterocycles. The Morgan fingerprint density at radius 3 is 2.13 bits per heavy atom. The predicted molar refractivity (Wildman–Crippen MR) is 113 cm³/mol. The van der Waals surface area contributed by atoms with Crippen molar-refractivity contribution in [2.75, 3.05) is 13.6 Å². The molecule has 0 radical (unpaired) electrons. The zero-order chi connectivity index (χ0) is 22.1. The van der Waals surface area contributed by atoms with E-state index in [4.69, 9.17) is 0 Å².